The molecule has 2 fully saturated rings. The van der Waals surface area contributed by atoms with Crippen LogP contribution in [0.3, 0.4) is 0 Å². The Labute approximate surface area is 141 Å². The smallest absolute Gasteiger partial charge is 0.290 e. The fourth-order valence-corrected chi connectivity index (χ4v) is 3.53. The maximum atomic E-state index is 12.5. The van der Waals surface area contributed by atoms with Crippen molar-refractivity contribution in [3.05, 3.63) is 18.0 Å². The van der Waals surface area contributed by atoms with E-state index in [1.807, 2.05) is 22.7 Å². The SMILES string of the molecule is Cn1nccc1CCC(=O)N1CCOC2C[C@H](CO)C[C@@H]21.O=CO. The lowest BCUT2D eigenvalue weighted by Gasteiger charge is -2.37. The number of aryl methyl sites for hydroxylation is 2. The molecule has 3 rings (SSSR count). The third-order valence-electron chi connectivity index (χ3n) is 4.73. The number of carbonyl (C=O) groups excluding carboxylic acids is 1. The summed E-state index contributed by atoms with van der Waals surface area (Å²) < 4.78 is 7.58. The van der Waals surface area contributed by atoms with Crippen molar-refractivity contribution in [2.75, 3.05) is 19.8 Å². The molecule has 0 aromatic carbocycles. The molecule has 2 aliphatic rings. The van der Waals surface area contributed by atoms with Crippen LogP contribution in [0.2, 0.25) is 0 Å². The van der Waals surface area contributed by atoms with Crippen LogP contribution in [0.25, 0.3) is 0 Å². The van der Waals surface area contributed by atoms with Gasteiger partial charge in [0, 0.05) is 38.5 Å². The van der Waals surface area contributed by atoms with Gasteiger partial charge in [-0.3, -0.25) is 14.3 Å². The second kappa shape index (κ2) is 8.79. The molecular formula is C16H25N3O5. The summed E-state index contributed by atoms with van der Waals surface area (Å²) in [5.41, 5.74) is 1.08. The second-order valence-corrected chi connectivity index (χ2v) is 6.14. The summed E-state index contributed by atoms with van der Waals surface area (Å²) in [5, 5.41) is 20.3. The van der Waals surface area contributed by atoms with Crippen LogP contribution in [-0.2, 0) is 27.8 Å². The highest BCUT2D eigenvalue weighted by Crippen LogP contribution is 2.34. The third-order valence-corrected chi connectivity index (χ3v) is 4.73. The number of carbonyl (C=O) groups is 2. The molecule has 24 heavy (non-hydrogen) atoms. The summed E-state index contributed by atoms with van der Waals surface area (Å²) in [7, 11) is 1.90. The van der Waals surface area contributed by atoms with Gasteiger partial charge in [-0.2, -0.15) is 5.10 Å². The summed E-state index contributed by atoms with van der Waals surface area (Å²) in [5.74, 6) is 0.457. The van der Waals surface area contributed by atoms with Gasteiger partial charge in [0.05, 0.1) is 18.8 Å². The maximum absolute atomic E-state index is 12.5. The van der Waals surface area contributed by atoms with Crippen LogP contribution in [-0.4, -0.2) is 69.2 Å². The van der Waals surface area contributed by atoms with E-state index >= 15 is 0 Å². The first-order chi connectivity index (χ1) is 11.6. The number of fused-ring (bicyclic) bond motifs is 1. The lowest BCUT2D eigenvalue weighted by atomic mass is 10.1. The van der Waals surface area contributed by atoms with Crippen LogP contribution in [0.5, 0.6) is 0 Å². The number of aliphatic hydroxyl groups excluding tert-OH is 1. The minimum Gasteiger partial charge on any atom is -0.483 e. The Hall–Kier alpha value is -1.93. The van der Waals surface area contributed by atoms with Crippen molar-refractivity contribution in [3.63, 3.8) is 0 Å². The molecule has 2 heterocycles. The van der Waals surface area contributed by atoms with Gasteiger partial charge in [-0.05, 0) is 31.2 Å². The van der Waals surface area contributed by atoms with Crippen LogP contribution < -0.4 is 0 Å². The first kappa shape index (κ1) is 18.4. The lowest BCUT2D eigenvalue weighted by Crippen LogP contribution is -2.51. The van der Waals surface area contributed by atoms with E-state index in [-0.39, 0.29) is 37.0 Å². The second-order valence-electron chi connectivity index (χ2n) is 6.14. The number of aromatic nitrogens is 2. The summed E-state index contributed by atoms with van der Waals surface area (Å²) >= 11 is 0. The molecule has 1 saturated heterocycles. The van der Waals surface area contributed by atoms with E-state index in [0.717, 1.165) is 18.5 Å². The van der Waals surface area contributed by atoms with Crippen molar-refractivity contribution >= 4 is 12.4 Å². The number of hydrogen-bond acceptors (Lipinski definition) is 5. The molecule has 1 aromatic heterocycles. The van der Waals surface area contributed by atoms with Crippen LogP contribution in [0.4, 0.5) is 0 Å². The molecule has 2 N–H and O–H groups in total. The molecule has 1 aromatic rings. The van der Waals surface area contributed by atoms with Crippen LogP contribution in [0, 0.1) is 5.92 Å². The fourth-order valence-electron chi connectivity index (χ4n) is 3.53. The van der Waals surface area contributed by atoms with E-state index in [1.54, 1.807) is 6.20 Å². The van der Waals surface area contributed by atoms with Gasteiger partial charge in [-0.15, -0.1) is 0 Å². The van der Waals surface area contributed by atoms with Crippen LogP contribution in [0.15, 0.2) is 12.3 Å². The van der Waals surface area contributed by atoms with Gasteiger partial charge in [0.2, 0.25) is 5.91 Å². The van der Waals surface area contributed by atoms with E-state index in [9.17, 15) is 9.90 Å². The van der Waals surface area contributed by atoms with Crippen molar-refractivity contribution in [3.8, 4) is 0 Å². The molecule has 1 unspecified atom stereocenters. The zero-order chi connectivity index (χ0) is 17.5. The lowest BCUT2D eigenvalue weighted by molar-refractivity contribution is -0.143. The minimum atomic E-state index is -0.250. The Balaban J connectivity index is 0.000000647. The van der Waals surface area contributed by atoms with E-state index in [0.29, 0.717) is 26.0 Å². The molecule has 1 amide bonds. The van der Waals surface area contributed by atoms with Crippen molar-refractivity contribution in [1.29, 1.82) is 0 Å². The van der Waals surface area contributed by atoms with E-state index in [2.05, 4.69) is 5.10 Å². The van der Waals surface area contributed by atoms with E-state index in [4.69, 9.17) is 14.6 Å². The highest BCUT2D eigenvalue weighted by atomic mass is 16.5. The molecule has 0 bridgehead atoms. The molecular weight excluding hydrogens is 314 g/mol. The molecule has 3 atom stereocenters. The van der Waals surface area contributed by atoms with Gasteiger partial charge in [-0.1, -0.05) is 0 Å². The topological polar surface area (TPSA) is 105 Å². The van der Waals surface area contributed by atoms with Gasteiger partial charge in [0.15, 0.2) is 0 Å². The Morgan fingerprint density at radius 1 is 1.50 bits per heavy atom. The van der Waals surface area contributed by atoms with E-state index < -0.39 is 0 Å². The summed E-state index contributed by atoms with van der Waals surface area (Å²) in [6.45, 7) is 1.22. The fraction of sp³-hybridized carbons (Fsp3) is 0.688. The maximum Gasteiger partial charge on any atom is 0.290 e. The normalized spacial score (nSPS) is 25.6. The van der Waals surface area contributed by atoms with Crippen LogP contribution >= 0.6 is 0 Å². The summed E-state index contributed by atoms with van der Waals surface area (Å²) in [6.07, 6.45) is 4.81. The first-order valence-electron chi connectivity index (χ1n) is 8.17. The first-order valence-corrected chi connectivity index (χ1v) is 8.17. The average Bonchev–Trinajstić information content (AvgIpc) is 3.18. The predicted octanol–water partition coefficient (Wildman–Crippen LogP) is 0.0518. The van der Waals surface area contributed by atoms with Crippen molar-refractivity contribution < 1.29 is 24.5 Å². The largest absolute Gasteiger partial charge is 0.483 e. The predicted molar refractivity (Wildman–Crippen MR) is 85.3 cm³/mol. The van der Waals surface area contributed by atoms with Gasteiger partial charge >= 0.3 is 0 Å². The average molecular weight is 339 g/mol. The van der Waals surface area contributed by atoms with Gasteiger partial charge < -0.3 is 19.8 Å². The molecule has 1 aliphatic heterocycles. The third kappa shape index (κ3) is 4.33. The van der Waals surface area contributed by atoms with Crippen molar-refractivity contribution in [2.45, 2.75) is 37.8 Å². The molecule has 0 radical (unpaired) electrons. The molecule has 134 valence electrons. The number of amides is 1. The van der Waals surface area contributed by atoms with Crippen molar-refractivity contribution in [2.24, 2.45) is 13.0 Å². The Bertz CT molecular complexity index is 548. The summed E-state index contributed by atoms with van der Waals surface area (Å²) in [6, 6.07) is 2.10. The monoisotopic (exact) mass is 339 g/mol. The zero-order valence-electron chi connectivity index (χ0n) is 13.9. The quantitative estimate of drug-likeness (QED) is 0.751. The Morgan fingerprint density at radius 3 is 2.88 bits per heavy atom. The van der Waals surface area contributed by atoms with Gasteiger partial charge in [0.25, 0.3) is 6.47 Å². The molecule has 1 aliphatic carbocycles. The van der Waals surface area contributed by atoms with Gasteiger partial charge in [-0.25, -0.2) is 0 Å². The Morgan fingerprint density at radius 2 is 2.25 bits per heavy atom. The molecule has 1 saturated carbocycles. The van der Waals surface area contributed by atoms with E-state index in [1.165, 1.54) is 0 Å². The minimum absolute atomic E-state index is 0.108. The molecule has 8 nitrogen and oxygen atoms in total. The van der Waals surface area contributed by atoms with Crippen LogP contribution in [0.1, 0.15) is 25.0 Å². The zero-order valence-corrected chi connectivity index (χ0v) is 13.9. The standard InChI is InChI=1S/C15H23N3O3.CH2O2/c1-17-12(4-5-16-17)2-3-15(20)18-6-7-21-14-9-11(10-19)8-13(14)18;2-1-3/h4-5,11,13-14,19H,2-3,6-10H2,1H3;1H,(H,2,3)/t11-,13+,14?;/m1./s1. The number of rotatable bonds is 4. The molecule has 0 spiro atoms. The molecule has 8 heteroatoms. The number of morpholine rings is 1. The highest BCUT2D eigenvalue weighted by Gasteiger charge is 2.42. The number of aliphatic hydroxyl groups is 1. The highest BCUT2D eigenvalue weighted by molar-refractivity contribution is 5.77. The van der Waals surface area contributed by atoms with Crippen molar-refractivity contribution in [1.82, 2.24) is 14.7 Å². The number of carboxylic acid groups (broad SMARTS) is 1. The van der Waals surface area contributed by atoms with Gasteiger partial charge in [0.1, 0.15) is 0 Å². The Kier molecular flexibility index (Phi) is 6.74. The number of hydrogen-bond donors (Lipinski definition) is 2. The number of nitrogens with zero attached hydrogens (tertiary/aromatic N) is 3. The number of ether oxygens (including phenoxy) is 1. The summed E-state index contributed by atoms with van der Waals surface area (Å²) in [4.78, 5) is 22.9.